The number of ether oxygens (including phenoxy) is 2. The molecule has 0 fully saturated rings. The highest BCUT2D eigenvalue weighted by Gasteiger charge is 2.07. The van der Waals surface area contributed by atoms with E-state index in [0.717, 1.165) is 15.6 Å². The monoisotopic (exact) mass is 509 g/mol. The Kier molecular flexibility index (Phi) is 9.02. The Balaban J connectivity index is 1.45. The van der Waals surface area contributed by atoms with Crippen LogP contribution in [0.2, 0.25) is 0 Å². The van der Waals surface area contributed by atoms with Crippen LogP contribution < -0.4 is 20.2 Å². The molecule has 33 heavy (non-hydrogen) atoms. The van der Waals surface area contributed by atoms with Crippen LogP contribution in [0.1, 0.15) is 24.0 Å². The molecule has 2 amide bonds. The highest BCUT2D eigenvalue weighted by atomic mass is 79.9. The molecule has 0 unspecified atom stereocenters. The van der Waals surface area contributed by atoms with Gasteiger partial charge in [0, 0.05) is 28.6 Å². The lowest BCUT2D eigenvalue weighted by Crippen LogP contribution is -2.20. The number of halogens is 1. The van der Waals surface area contributed by atoms with E-state index in [-0.39, 0.29) is 24.7 Å². The van der Waals surface area contributed by atoms with E-state index in [4.69, 9.17) is 9.47 Å². The lowest BCUT2D eigenvalue weighted by Gasteiger charge is -2.09. The van der Waals surface area contributed by atoms with Crippen molar-refractivity contribution in [3.63, 3.8) is 0 Å². The highest BCUT2D eigenvalue weighted by molar-refractivity contribution is 9.10. The van der Waals surface area contributed by atoms with Crippen molar-refractivity contribution in [3.8, 4) is 11.5 Å². The third-order valence-corrected chi connectivity index (χ3v) is 5.04. The number of hydrazone groups is 1. The summed E-state index contributed by atoms with van der Waals surface area (Å²) in [6.07, 6.45) is 1.58. The smallest absolute Gasteiger partial charge is 0.240 e. The minimum atomic E-state index is -0.358. The van der Waals surface area contributed by atoms with Gasteiger partial charge in [-0.1, -0.05) is 40.2 Å². The molecule has 0 saturated heterocycles. The summed E-state index contributed by atoms with van der Waals surface area (Å²) < 4.78 is 12.0. The van der Waals surface area contributed by atoms with Crippen LogP contribution in [0.25, 0.3) is 0 Å². The van der Waals surface area contributed by atoms with Gasteiger partial charge in [0.2, 0.25) is 11.8 Å². The Morgan fingerprint density at radius 3 is 2.48 bits per heavy atom. The molecule has 2 N–H and O–H groups in total. The van der Waals surface area contributed by atoms with Crippen molar-refractivity contribution in [2.75, 3.05) is 12.4 Å². The van der Waals surface area contributed by atoms with Crippen molar-refractivity contribution < 1.29 is 19.1 Å². The Morgan fingerprint density at radius 2 is 1.73 bits per heavy atom. The molecule has 0 aliphatic rings. The lowest BCUT2D eigenvalue weighted by molar-refractivity contribution is -0.124. The normalized spacial score (nSPS) is 10.6. The zero-order chi connectivity index (χ0) is 23.5. The summed E-state index contributed by atoms with van der Waals surface area (Å²) in [6.45, 7) is 0.403. The van der Waals surface area contributed by atoms with Crippen molar-refractivity contribution >= 4 is 39.6 Å². The molecule has 170 valence electrons. The second kappa shape index (κ2) is 12.4. The molecule has 0 aliphatic heterocycles. The Labute approximate surface area is 200 Å². The molecule has 0 radical (unpaired) electrons. The number of anilines is 1. The third kappa shape index (κ3) is 8.08. The molecule has 0 heterocycles. The Bertz CT molecular complexity index is 1120. The summed E-state index contributed by atoms with van der Waals surface area (Å²) in [5, 5.41) is 6.73. The largest absolute Gasteiger partial charge is 0.497 e. The fourth-order valence-corrected chi connectivity index (χ4v) is 3.31. The van der Waals surface area contributed by atoms with Crippen LogP contribution >= 0.6 is 15.9 Å². The second-order valence-corrected chi connectivity index (χ2v) is 7.94. The molecule has 3 aromatic rings. The van der Waals surface area contributed by atoms with Crippen LogP contribution in [0.15, 0.2) is 82.4 Å². The van der Waals surface area contributed by atoms with E-state index >= 15 is 0 Å². The topological polar surface area (TPSA) is 89.0 Å². The maximum atomic E-state index is 12.0. The van der Waals surface area contributed by atoms with Crippen molar-refractivity contribution in [2.45, 2.75) is 19.4 Å². The molecule has 0 aliphatic carbocycles. The van der Waals surface area contributed by atoms with Crippen LogP contribution in [0.3, 0.4) is 0 Å². The molecule has 0 saturated carbocycles. The first kappa shape index (κ1) is 24.0. The number of carbonyl (C=O) groups is 2. The summed E-state index contributed by atoms with van der Waals surface area (Å²) in [4.78, 5) is 24.1. The van der Waals surface area contributed by atoms with Crippen molar-refractivity contribution in [3.05, 3.63) is 88.4 Å². The predicted octanol–water partition coefficient (Wildman–Crippen LogP) is 4.91. The summed E-state index contributed by atoms with van der Waals surface area (Å²) in [5.74, 6) is 0.731. The van der Waals surface area contributed by atoms with E-state index in [0.29, 0.717) is 23.8 Å². The number of hydrogen-bond acceptors (Lipinski definition) is 5. The van der Waals surface area contributed by atoms with Gasteiger partial charge in [0.25, 0.3) is 0 Å². The van der Waals surface area contributed by atoms with Gasteiger partial charge in [-0.05, 0) is 54.1 Å². The molecule has 0 atom stereocenters. The number of hydrogen-bond donors (Lipinski definition) is 2. The number of methoxy groups -OCH3 is 1. The number of nitrogens with one attached hydrogen (secondary N) is 2. The van der Waals surface area contributed by atoms with Crippen LogP contribution in [0, 0.1) is 0 Å². The molecule has 7 nitrogen and oxygen atoms in total. The average Bonchev–Trinajstić information content (AvgIpc) is 2.83. The Hall–Kier alpha value is -3.65. The van der Waals surface area contributed by atoms with Crippen molar-refractivity contribution in [1.29, 1.82) is 0 Å². The molecule has 3 rings (SSSR count). The number of para-hydroxylation sites is 1. The number of carbonyl (C=O) groups excluding carboxylic acids is 2. The van der Waals surface area contributed by atoms with Crippen LogP contribution in [-0.2, 0) is 16.2 Å². The van der Waals surface area contributed by atoms with Gasteiger partial charge >= 0.3 is 0 Å². The zero-order valence-electron chi connectivity index (χ0n) is 18.1. The molecule has 8 heteroatoms. The van der Waals surface area contributed by atoms with Gasteiger partial charge in [-0.2, -0.15) is 5.10 Å². The van der Waals surface area contributed by atoms with Gasteiger partial charge in [-0.25, -0.2) is 5.43 Å². The average molecular weight is 510 g/mol. The zero-order valence-corrected chi connectivity index (χ0v) is 19.7. The molecule has 0 bridgehead atoms. The number of nitrogens with zero attached hydrogens (tertiary/aromatic N) is 1. The van der Waals surface area contributed by atoms with E-state index in [1.807, 2.05) is 48.5 Å². The minimum Gasteiger partial charge on any atom is -0.497 e. The van der Waals surface area contributed by atoms with Gasteiger partial charge < -0.3 is 14.8 Å². The van der Waals surface area contributed by atoms with E-state index in [1.165, 1.54) is 6.21 Å². The van der Waals surface area contributed by atoms with Gasteiger partial charge in [0.05, 0.1) is 13.3 Å². The standard InChI is InChI=1S/C25H24BrN3O4/c1-32-22-11-9-21(10-12-22)28-24(30)13-14-25(31)29-27-16-19-6-2-3-8-23(19)33-17-18-5-4-7-20(26)15-18/h2-12,15-16H,13-14,17H2,1H3,(H,28,30)(H,29,31). The van der Waals surface area contributed by atoms with E-state index < -0.39 is 0 Å². The van der Waals surface area contributed by atoms with Gasteiger partial charge in [0.1, 0.15) is 18.1 Å². The maximum absolute atomic E-state index is 12.0. The lowest BCUT2D eigenvalue weighted by atomic mass is 10.2. The van der Waals surface area contributed by atoms with Crippen LogP contribution in [0.5, 0.6) is 11.5 Å². The first-order valence-corrected chi connectivity index (χ1v) is 11.0. The second-order valence-electron chi connectivity index (χ2n) is 7.03. The highest BCUT2D eigenvalue weighted by Crippen LogP contribution is 2.19. The van der Waals surface area contributed by atoms with Crippen LogP contribution in [-0.4, -0.2) is 25.1 Å². The molecular formula is C25H24BrN3O4. The van der Waals surface area contributed by atoms with E-state index in [9.17, 15) is 9.59 Å². The number of benzene rings is 3. The van der Waals surface area contributed by atoms with Gasteiger partial charge in [-0.3, -0.25) is 9.59 Å². The maximum Gasteiger partial charge on any atom is 0.240 e. The Morgan fingerprint density at radius 1 is 0.970 bits per heavy atom. The molecule has 3 aromatic carbocycles. The summed E-state index contributed by atoms with van der Waals surface area (Å²) in [5.41, 5.74) is 4.84. The number of amides is 2. The first-order chi connectivity index (χ1) is 16.0. The van der Waals surface area contributed by atoms with E-state index in [2.05, 4.69) is 31.8 Å². The quantitative estimate of drug-likeness (QED) is 0.300. The number of rotatable bonds is 10. The molecular weight excluding hydrogens is 486 g/mol. The van der Waals surface area contributed by atoms with Crippen LogP contribution in [0.4, 0.5) is 5.69 Å². The fourth-order valence-electron chi connectivity index (χ4n) is 2.86. The molecule has 0 spiro atoms. The SMILES string of the molecule is COc1ccc(NC(=O)CCC(=O)NN=Cc2ccccc2OCc2cccc(Br)c2)cc1. The van der Waals surface area contributed by atoms with Crippen molar-refractivity contribution in [2.24, 2.45) is 5.10 Å². The van der Waals surface area contributed by atoms with E-state index in [1.54, 1.807) is 31.4 Å². The summed E-state index contributed by atoms with van der Waals surface area (Å²) in [6, 6.07) is 22.2. The summed E-state index contributed by atoms with van der Waals surface area (Å²) in [7, 11) is 1.57. The van der Waals surface area contributed by atoms with Crippen molar-refractivity contribution in [1.82, 2.24) is 5.43 Å². The van der Waals surface area contributed by atoms with Gasteiger partial charge in [-0.15, -0.1) is 0 Å². The van der Waals surface area contributed by atoms with Gasteiger partial charge in [0.15, 0.2) is 0 Å². The fraction of sp³-hybridized carbons (Fsp3) is 0.160. The molecule has 0 aromatic heterocycles. The minimum absolute atomic E-state index is 0.0142. The summed E-state index contributed by atoms with van der Waals surface area (Å²) >= 11 is 3.45. The first-order valence-electron chi connectivity index (χ1n) is 10.3. The predicted molar refractivity (Wildman–Crippen MR) is 132 cm³/mol. The third-order valence-electron chi connectivity index (χ3n) is 4.55.